The van der Waals surface area contributed by atoms with Crippen molar-refractivity contribution in [1.82, 2.24) is 10.6 Å². The van der Waals surface area contributed by atoms with Gasteiger partial charge in [-0.25, -0.2) is 4.39 Å². The van der Waals surface area contributed by atoms with E-state index in [0.29, 0.717) is 22.5 Å². The maximum absolute atomic E-state index is 13.0. The first-order valence-corrected chi connectivity index (χ1v) is 6.21. The van der Waals surface area contributed by atoms with Crippen molar-refractivity contribution < 1.29 is 9.18 Å². The minimum absolute atomic E-state index is 0.186. The summed E-state index contributed by atoms with van der Waals surface area (Å²) in [7, 11) is 1.87. The highest BCUT2D eigenvalue weighted by Crippen LogP contribution is 2.16. The number of hydrogen-bond acceptors (Lipinski definition) is 2. The lowest BCUT2D eigenvalue weighted by molar-refractivity contribution is 0.0948. The van der Waals surface area contributed by atoms with Crippen LogP contribution < -0.4 is 10.6 Å². The van der Waals surface area contributed by atoms with Crippen LogP contribution in [0.5, 0.6) is 0 Å². The fourth-order valence-electron chi connectivity index (χ4n) is 1.43. The zero-order valence-electron chi connectivity index (χ0n) is 9.89. The molecule has 3 nitrogen and oxygen atoms in total. The molecule has 17 heavy (non-hydrogen) atoms. The van der Waals surface area contributed by atoms with E-state index in [0.717, 1.165) is 6.54 Å². The molecule has 0 spiro atoms. The van der Waals surface area contributed by atoms with Crippen LogP contribution in [0.25, 0.3) is 0 Å². The van der Waals surface area contributed by atoms with Crippen molar-refractivity contribution in [2.24, 2.45) is 5.92 Å². The number of carbonyl (C=O) groups is 1. The van der Waals surface area contributed by atoms with Gasteiger partial charge >= 0.3 is 0 Å². The molecule has 2 N–H and O–H groups in total. The molecule has 0 saturated heterocycles. The summed E-state index contributed by atoms with van der Waals surface area (Å²) in [4.78, 5) is 11.7. The van der Waals surface area contributed by atoms with Gasteiger partial charge < -0.3 is 10.6 Å². The molecular weight excluding hydrogens is 287 g/mol. The van der Waals surface area contributed by atoms with Crippen molar-refractivity contribution in [2.45, 2.75) is 6.92 Å². The molecule has 1 atom stereocenters. The third-order valence-corrected chi connectivity index (χ3v) is 2.95. The molecule has 0 aliphatic rings. The molecule has 1 amide bonds. The molecule has 5 heteroatoms. The lowest BCUT2D eigenvalue weighted by atomic mass is 10.1. The first-order chi connectivity index (χ1) is 8.04. The molecule has 0 saturated carbocycles. The van der Waals surface area contributed by atoms with Crippen LogP contribution in [0, 0.1) is 11.7 Å². The third kappa shape index (κ3) is 4.44. The van der Waals surface area contributed by atoms with E-state index in [1.807, 2.05) is 14.0 Å². The van der Waals surface area contributed by atoms with Crippen molar-refractivity contribution >= 4 is 21.8 Å². The molecular formula is C12H16BrFN2O. The van der Waals surface area contributed by atoms with Gasteiger partial charge in [0.2, 0.25) is 0 Å². The van der Waals surface area contributed by atoms with Crippen LogP contribution in [-0.4, -0.2) is 26.0 Å². The van der Waals surface area contributed by atoms with Crippen LogP contribution in [-0.2, 0) is 0 Å². The first kappa shape index (κ1) is 14.1. The standard InChI is InChI=1S/C12H16BrFN2O/c1-8(6-15-2)7-16-12(17)9-3-4-11(14)10(13)5-9/h3-5,8,15H,6-7H2,1-2H3,(H,16,17). The van der Waals surface area contributed by atoms with Crippen molar-refractivity contribution in [1.29, 1.82) is 0 Å². The van der Waals surface area contributed by atoms with E-state index in [9.17, 15) is 9.18 Å². The average molecular weight is 303 g/mol. The van der Waals surface area contributed by atoms with Gasteiger partial charge in [-0.3, -0.25) is 4.79 Å². The molecule has 0 aliphatic carbocycles. The van der Waals surface area contributed by atoms with Crippen LogP contribution in [0.4, 0.5) is 4.39 Å². The second-order valence-corrected chi connectivity index (χ2v) is 4.86. The number of carbonyl (C=O) groups excluding carboxylic acids is 1. The van der Waals surface area contributed by atoms with Crippen molar-refractivity contribution in [3.05, 3.63) is 34.1 Å². The summed E-state index contributed by atoms with van der Waals surface area (Å²) in [5.41, 5.74) is 0.454. The Kier molecular flexibility index (Phi) is 5.58. The molecule has 0 aromatic heterocycles. The van der Waals surface area contributed by atoms with Crippen molar-refractivity contribution in [3.63, 3.8) is 0 Å². The summed E-state index contributed by atoms with van der Waals surface area (Å²) < 4.78 is 13.3. The SMILES string of the molecule is CNCC(C)CNC(=O)c1ccc(F)c(Br)c1. The predicted molar refractivity (Wildman–Crippen MR) is 69.5 cm³/mol. The van der Waals surface area contributed by atoms with Crippen LogP contribution >= 0.6 is 15.9 Å². The van der Waals surface area contributed by atoms with Gasteiger partial charge in [0.05, 0.1) is 4.47 Å². The number of halogens is 2. The highest BCUT2D eigenvalue weighted by molar-refractivity contribution is 9.10. The third-order valence-electron chi connectivity index (χ3n) is 2.35. The minimum atomic E-state index is -0.370. The maximum Gasteiger partial charge on any atom is 0.251 e. The average Bonchev–Trinajstić information content (AvgIpc) is 2.30. The Balaban J connectivity index is 2.55. The van der Waals surface area contributed by atoms with Crippen LogP contribution in [0.15, 0.2) is 22.7 Å². The van der Waals surface area contributed by atoms with Gasteiger partial charge in [-0.15, -0.1) is 0 Å². The molecule has 0 heterocycles. The van der Waals surface area contributed by atoms with Crippen molar-refractivity contribution in [2.75, 3.05) is 20.1 Å². The summed E-state index contributed by atoms with van der Waals surface area (Å²) in [6.07, 6.45) is 0. The lowest BCUT2D eigenvalue weighted by Gasteiger charge is -2.12. The molecule has 1 aromatic rings. The summed E-state index contributed by atoms with van der Waals surface area (Å²) in [6, 6.07) is 4.22. The fraction of sp³-hybridized carbons (Fsp3) is 0.417. The second kappa shape index (κ2) is 6.71. The Morgan fingerprint density at radius 1 is 1.47 bits per heavy atom. The summed E-state index contributed by atoms with van der Waals surface area (Å²) in [6.45, 7) is 3.47. The van der Waals surface area contributed by atoms with Gasteiger partial charge in [-0.1, -0.05) is 6.92 Å². The van der Waals surface area contributed by atoms with E-state index in [1.165, 1.54) is 18.2 Å². The van der Waals surface area contributed by atoms with E-state index >= 15 is 0 Å². The molecule has 0 radical (unpaired) electrons. The quantitative estimate of drug-likeness (QED) is 0.875. The van der Waals surface area contributed by atoms with Crippen LogP contribution in [0.1, 0.15) is 17.3 Å². The predicted octanol–water partition coefficient (Wildman–Crippen LogP) is 2.17. The number of nitrogens with one attached hydrogen (secondary N) is 2. The highest BCUT2D eigenvalue weighted by Gasteiger charge is 2.09. The molecule has 0 aliphatic heterocycles. The number of benzene rings is 1. The Morgan fingerprint density at radius 2 is 2.18 bits per heavy atom. The second-order valence-electron chi connectivity index (χ2n) is 4.00. The van der Waals surface area contributed by atoms with Gasteiger partial charge in [-0.2, -0.15) is 0 Å². The van der Waals surface area contributed by atoms with E-state index in [1.54, 1.807) is 0 Å². The molecule has 0 bridgehead atoms. The van der Waals surface area contributed by atoms with E-state index in [-0.39, 0.29) is 11.7 Å². The molecule has 1 unspecified atom stereocenters. The Hall–Kier alpha value is -0.940. The topological polar surface area (TPSA) is 41.1 Å². The minimum Gasteiger partial charge on any atom is -0.352 e. The van der Waals surface area contributed by atoms with E-state index in [4.69, 9.17) is 0 Å². The van der Waals surface area contributed by atoms with Crippen LogP contribution in [0.3, 0.4) is 0 Å². The first-order valence-electron chi connectivity index (χ1n) is 5.42. The Bertz CT molecular complexity index is 398. The number of rotatable bonds is 5. The van der Waals surface area contributed by atoms with Crippen molar-refractivity contribution in [3.8, 4) is 0 Å². The smallest absolute Gasteiger partial charge is 0.251 e. The highest BCUT2D eigenvalue weighted by atomic mass is 79.9. The Labute approximate surface area is 109 Å². The lowest BCUT2D eigenvalue weighted by Crippen LogP contribution is -2.32. The van der Waals surface area contributed by atoms with E-state index < -0.39 is 0 Å². The maximum atomic E-state index is 13.0. The molecule has 0 fully saturated rings. The van der Waals surface area contributed by atoms with Gasteiger partial charge in [0.1, 0.15) is 5.82 Å². The Morgan fingerprint density at radius 3 is 2.76 bits per heavy atom. The summed E-state index contributed by atoms with van der Waals surface area (Å²) in [5, 5.41) is 5.85. The fourth-order valence-corrected chi connectivity index (χ4v) is 1.81. The van der Waals surface area contributed by atoms with Gasteiger partial charge in [-0.05, 0) is 53.6 Å². The summed E-state index contributed by atoms with van der Waals surface area (Å²) in [5.74, 6) is -0.202. The van der Waals surface area contributed by atoms with Gasteiger partial charge in [0.25, 0.3) is 5.91 Å². The zero-order chi connectivity index (χ0) is 12.8. The van der Waals surface area contributed by atoms with Crippen LogP contribution in [0.2, 0.25) is 0 Å². The summed E-state index contributed by atoms with van der Waals surface area (Å²) >= 11 is 3.05. The normalized spacial score (nSPS) is 12.2. The number of amides is 1. The van der Waals surface area contributed by atoms with Gasteiger partial charge in [0.15, 0.2) is 0 Å². The zero-order valence-corrected chi connectivity index (χ0v) is 11.5. The molecule has 94 valence electrons. The largest absolute Gasteiger partial charge is 0.352 e. The number of hydrogen-bond donors (Lipinski definition) is 2. The molecule has 1 rings (SSSR count). The van der Waals surface area contributed by atoms with Gasteiger partial charge in [0, 0.05) is 12.1 Å². The van der Waals surface area contributed by atoms with E-state index in [2.05, 4.69) is 26.6 Å². The molecule has 1 aromatic carbocycles. The monoisotopic (exact) mass is 302 g/mol.